The molecule has 3 N–H and O–H groups in total. The molecule has 0 spiro atoms. The monoisotopic (exact) mass is 185 g/mol. The molecule has 0 aromatic rings. The Balaban J connectivity index is 2.60. The number of amides is 1. The van der Waals surface area contributed by atoms with Crippen LogP contribution in [0.3, 0.4) is 0 Å². The number of rotatable bonds is 3. The topological polar surface area (TPSA) is 76.7 Å². The van der Waals surface area contributed by atoms with E-state index in [4.69, 9.17) is 10.5 Å². The molecule has 0 radical (unpaired) electrons. The Hall–Kier alpha value is -1.10. The second-order valence-electron chi connectivity index (χ2n) is 3.69. The second kappa shape index (κ2) is 3.33. The maximum atomic E-state index is 11.2. The molecule has 0 saturated heterocycles. The number of nitrogens with two attached hydrogens (primary N) is 1. The molecule has 1 amide bonds. The summed E-state index contributed by atoms with van der Waals surface area (Å²) in [5.41, 5.74) is 5.00. The Labute approximate surface area is 77.3 Å². The van der Waals surface area contributed by atoms with Crippen molar-refractivity contribution in [2.45, 2.75) is 31.9 Å². The van der Waals surface area contributed by atoms with Crippen molar-refractivity contribution in [1.29, 1.82) is 0 Å². The lowest BCUT2D eigenvalue weighted by Crippen LogP contribution is -2.36. The maximum Gasteiger partial charge on any atom is 0.251 e. The number of hydrogen-bond acceptors (Lipinski definition) is 4. The third-order valence-electron chi connectivity index (χ3n) is 2.09. The predicted octanol–water partition coefficient (Wildman–Crippen LogP) is -0.385. The van der Waals surface area contributed by atoms with E-state index in [0.717, 1.165) is 0 Å². The van der Waals surface area contributed by atoms with Crippen LogP contribution in [0, 0.1) is 0 Å². The predicted molar refractivity (Wildman–Crippen MR) is 49.3 cm³/mol. The molecule has 0 fully saturated rings. The van der Waals surface area contributed by atoms with Crippen molar-refractivity contribution in [3.05, 3.63) is 0 Å². The SMILES string of the molecule is COC(C)(C)CC1N=C(N)NC1=O. The standard InChI is InChI=1S/C8H15N3O2/c1-8(2,13-3)4-5-6(12)11-7(9)10-5/h5H,4H2,1-3H3,(H3,9,10,11,12). The zero-order chi connectivity index (χ0) is 10.1. The summed E-state index contributed by atoms with van der Waals surface area (Å²) in [7, 11) is 1.61. The fourth-order valence-corrected chi connectivity index (χ4v) is 1.16. The molecule has 74 valence electrons. The Kier molecular flexibility index (Phi) is 2.56. The fourth-order valence-electron chi connectivity index (χ4n) is 1.16. The van der Waals surface area contributed by atoms with E-state index < -0.39 is 6.04 Å². The molecule has 0 aliphatic carbocycles. The first-order valence-corrected chi connectivity index (χ1v) is 4.14. The summed E-state index contributed by atoms with van der Waals surface area (Å²) >= 11 is 0. The van der Waals surface area contributed by atoms with Crippen LogP contribution in [0.25, 0.3) is 0 Å². The molecule has 1 rings (SSSR count). The highest BCUT2D eigenvalue weighted by molar-refractivity contribution is 6.04. The molecule has 0 aromatic heterocycles. The van der Waals surface area contributed by atoms with Crippen LogP contribution in [-0.4, -0.2) is 30.6 Å². The number of guanidine groups is 1. The number of carbonyl (C=O) groups is 1. The zero-order valence-electron chi connectivity index (χ0n) is 8.13. The third-order valence-corrected chi connectivity index (χ3v) is 2.09. The highest BCUT2D eigenvalue weighted by atomic mass is 16.5. The van der Waals surface area contributed by atoms with Crippen LogP contribution in [0.4, 0.5) is 0 Å². The van der Waals surface area contributed by atoms with Crippen LogP contribution in [0.15, 0.2) is 4.99 Å². The number of aliphatic imine (C=N–C) groups is 1. The first-order chi connectivity index (χ1) is 5.94. The number of hydrogen-bond donors (Lipinski definition) is 2. The van der Waals surface area contributed by atoms with Crippen molar-refractivity contribution in [1.82, 2.24) is 5.32 Å². The van der Waals surface area contributed by atoms with Crippen molar-refractivity contribution in [2.24, 2.45) is 10.7 Å². The van der Waals surface area contributed by atoms with Gasteiger partial charge >= 0.3 is 0 Å². The van der Waals surface area contributed by atoms with Crippen LogP contribution in [-0.2, 0) is 9.53 Å². The molecule has 0 saturated carbocycles. The van der Waals surface area contributed by atoms with Crippen LogP contribution < -0.4 is 11.1 Å². The number of nitrogens with zero attached hydrogens (tertiary/aromatic N) is 1. The largest absolute Gasteiger partial charge is 0.379 e. The molecular formula is C8H15N3O2. The van der Waals surface area contributed by atoms with Crippen LogP contribution in [0.2, 0.25) is 0 Å². The highest BCUT2D eigenvalue weighted by Crippen LogP contribution is 2.18. The minimum Gasteiger partial charge on any atom is -0.379 e. The van der Waals surface area contributed by atoms with Gasteiger partial charge in [0.05, 0.1) is 5.60 Å². The lowest BCUT2D eigenvalue weighted by molar-refractivity contribution is -0.121. The molecule has 5 heteroatoms. The van der Waals surface area contributed by atoms with Gasteiger partial charge in [0.15, 0.2) is 5.96 Å². The second-order valence-corrected chi connectivity index (χ2v) is 3.69. The van der Waals surface area contributed by atoms with Gasteiger partial charge in [-0.3, -0.25) is 10.1 Å². The highest BCUT2D eigenvalue weighted by Gasteiger charge is 2.31. The summed E-state index contributed by atoms with van der Waals surface area (Å²) in [5, 5.41) is 2.45. The Morgan fingerprint density at radius 3 is 2.69 bits per heavy atom. The summed E-state index contributed by atoms with van der Waals surface area (Å²) in [6, 6.07) is -0.407. The van der Waals surface area contributed by atoms with E-state index in [0.29, 0.717) is 6.42 Å². The maximum absolute atomic E-state index is 11.2. The molecule has 1 heterocycles. The molecule has 1 aliphatic rings. The smallest absolute Gasteiger partial charge is 0.251 e. The van der Waals surface area contributed by atoms with Crippen molar-refractivity contribution in [3.63, 3.8) is 0 Å². The average molecular weight is 185 g/mol. The molecule has 0 bridgehead atoms. The molecule has 5 nitrogen and oxygen atoms in total. The first-order valence-electron chi connectivity index (χ1n) is 4.14. The Morgan fingerprint density at radius 2 is 2.31 bits per heavy atom. The van der Waals surface area contributed by atoms with Gasteiger partial charge in [-0.25, -0.2) is 4.99 Å². The first kappa shape index (κ1) is 9.98. The van der Waals surface area contributed by atoms with Crippen LogP contribution in [0.5, 0.6) is 0 Å². The van der Waals surface area contributed by atoms with Gasteiger partial charge in [0.1, 0.15) is 6.04 Å². The number of methoxy groups -OCH3 is 1. The van der Waals surface area contributed by atoms with Gasteiger partial charge in [0, 0.05) is 13.5 Å². The van der Waals surface area contributed by atoms with Gasteiger partial charge in [-0.2, -0.15) is 0 Å². The van der Waals surface area contributed by atoms with Crippen molar-refractivity contribution in [2.75, 3.05) is 7.11 Å². The molecule has 1 atom stereocenters. The van der Waals surface area contributed by atoms with E-state index >= 15 is 0 Å². The van der Waals surface area contributed by atoms with Crippen LogP contribution >= 0.6 is 0 Å². The van der Waals surface area contributed by atoms with Crippen molar-refractivity contribution < 1.29 is 9.53 Å². The molecule has 1 aliphatic heterocycles. The van der Waals surface area contributed by atoms with Crippen LogP contribution in [0.1, 0.15) is 20.3 Å². The minimum atomic E-state index is -0.407. The molecule has 13 heavy (non-hydrogen) atoms. The van der Waals surface area contributed by atoms with E-state index in [-0.39, 0.29) is 17.5 Å². The summed E-state index contributed by atoms with van der Waals surface area (Å²) < 4.78 is 5.19. The lowest BCUT2D eigenvalue weighted by Gasteiger charge is -2.23. The van der Waals surface area contributed by atoms with E-state index in [1.165, 1.54) is 0 Å². The number of ether oxygens (including phenoxy) is 1. The molecule has 1 unspecified atom stereocenters. The zero-order valence-corrected chi connectivity index (χ0v) is 8.13. The van der Waals surface area contributed by atoms with E-state index in [1.807, 2.05) is 13.8 Å². The normalized spacial score (nSPS) is 22.8. The Morgan fingerprint density at radius 1 is 1.69 bits per heavy atom. The van der Waals surface area contributed by atoms with Gasteiger partial charge in [0.2, 0.25) is 0 Å². The molecule has 0 aromatic carbocycles. The summed E-state index contributed by atoms with van der Waals surface area (Å²) in [6.45, 7) is 3.81. The van der Waals surface area contributed by atoms with E-state index in [9.17, 15) is 4.79 Å². The van der Waals surface area contributed by atoms with Crippen molar-refractivity contribution in [3.8, 4) is 0 Å². The summed E-state index contributed by atoms with van der Waals surface area (Å²) in [5.74, 6) is 0.0459. The summed E-state index contributed by atoms with van der Waals surface area (Å²) in [4.78, 5) is 15.2. The minimum absolute atomic E-state index is 0.150. The quantitative estimate of drug-likeness (QED) is 0.629. The average Bonchev–Trinajstić information content (AvgIpc) is 2.30. The Bertz CT molecular complexity index is 248. The fraction of sp³-hybridized carbons (Fsp3) is 0.750. The van der Waals surface area contributed by atoms with Gasteiger partial charge in [0.25, 0.3) is 5.91 Å². The van der Waals surface area contributed by atoms with E-state index in [2.05, 4.69) is 10.3 Å². The van der Waals surface area contributed by atoms with Crippen molar-refractivity contribution >= 4 is 11.9 Å². The summed E-state index contributed by atoms with van der Waals surface area (Å²) in [6.07, 6.45) is 0.538. The lowest BCUT2D eigenvalue weighted by atomic mass is 9.99. The number of nitrogens with one attached hydrogen (secondary N) is 1. The van der Waals surface area contributed by atoms with Gasteiger partial charge in [-0.05, 0) is 13.8 Å². The van der Waals surface area contributed by atoms with E-state index in [1.54, 1.807) is 7.11 Å². The number of carbonyl (C=O) groups excluding carboxylic acids is 1. The third kappa shape index (κ3) is 2.42. The molecular weight excluding hydrogens is 170 g/mol. The van der Waals surface area contributed by atoms with Gasteiger partial charge in [-0.1, -0.05) is 0 Å². The van der Waals surface area contributed by atoms with Gasteiger partial charge < -0.3 is 10.5 Å². The van der Waals surface area contributed by atoms with Gasteiger partial charge in [-0.15, -0.1) is 0 Å².